The molecule has 35 heavy (non-hydrogen) atoms. The summed E-state index contributed by atoms with van der Waals surface area (Å²) < 4.78 is 33.0. The Bertz CT molecular complexity index is 1340. The Morgan fingerprint density at radius 3 is 2.46 bits per heavy atom. The highest BCUT2D eigenvalue weighted by Gasteiger charge is 2.20. The number of hydroxylamine groups is 1. The number of aromatic nitrogens is 1. The number of thiophene rings is 1. The van der Waals surface area contributed by atoms with Crippen LogP contribution < -0.4 is 15.5 Å². The molecular weight excluding hydrogens is 508 g/mol. The molecule has 0 aliphatic heterocycles. The van der Waals surface area contributed by atoms with Crippen LogP contribution in [0.2, 0.25) is 0 Å². The zero-order valence-corrected chi connectivity index (χ0v) is 20.7. The molecule has 0 saturated heterocycles. The van der Waals surface area contributed by atoms with Crippen LogP contribution in [0.25, 0.3) is 9.88 Å². The molecule has 0 aliphatic rings. The summed E-state index contributed by atoms with van der Waals surface area (Å²) in [5.74, 6) is 0. The van der Waals surface area contributed by atoms with E-state index in [0.717, 1.165) is 21.0 Å². The highest BCUT2D eigenvalue weighted by Crippen LogP contribution is 2.30. The number of amides is 2. The predicted octanol–water partition coefficient (Wildman–Crippen LogP) is 4.80. The monoisotopic (exact) mass is 530 g/mol. The van der Waals surface area contributed by atoms with Gasteiger partial charge in [-0.3, -0.25) is 14.1 Å². The summed E-state index contributed by atoms with van der Waals surface area (Å²) in [6, 6.07) is 18.9. The molecular formula is C23H22N4O5S3. The van der Waals surface area contributed by atoms with Gasteiger partial charge in [0.1, 0.15) is 5.01 Å². The van der Waals surface area contributed by atoms with E-state index in [0.29, 0.717) is 12.1 Å². The fraction of sp³-hybridized carbons (Fsp3) is 0.130. The molecule has 4 rings (SSSR count). The molecule has 12 heteroatoms. The average Bonchev–Trinajstić information content (AvgIpc) is 3.52. The van der Waals surface area contributed by atoms with E-state index >= 15 is 0 Å². The smallest absolute Gasteiger partial charge is 0.328 e. The van der Waals surface area contributed by atoms with Crippen LogP contribution in [-0.2, 0) is 28.2 Å². The summed E-state index contributed by atoms with van der Waals surface area (Å²) in [6.07, 6.45) is 0.395. The van der Waals surface area contributed by atoms with Crippen molar-refractivity contribution in [3.63, 3.8) is 0 Å². The lowest BCUT2D eigenvalue weighted by Crippen LogP contribution is -2.38. The molecule has 2 heterocycles. The topological polar surface area (TPSA) is 130 Å². The second kappa shape index (κ2) is 11.4. The molecule has 0 aliphatic carbocycles. The van der Waals surface area contributed by atoms with Gasteiger partial charge in [-0.25, -0.2) is 15.3 Å². The first kappa shape index (κ1) is 24.8. The highest BCUT2D eigenvalue weighted by molar-refractivity contribution is 7.87. The Balaban J connectivity index is 1.45. The maximum atomic E-state index is 12.6. The van der Waals surface area contributed by atoms with Gasteiger partial charge in [-0.1, -0.05) is 48.5 Å². The van der Waals surface area contributed by atoms with E-state index in [4.69, 9.17) is 14.4 Å². The zero-order valence-electron chi connectivity index (χ0n) is 18.2. The Kier molecular flexibility index (Phi) is 8.10. The summed E-state index contributed by atoms with van der Waals surface area (Å²) >= 11 is 3.07. The number of hydrogen-bond acceptors (Lipinski definition) is 7. The summed E-state index contributed by atoms with van der Waals surface area (Å²) in [4.78, 5) is 23.7. The van der Waals surface area contributed by atoms with Crippen LogP contribution in [-0.4, -0.2) is 24.0 Å². The number of thiazole rings is 1. The van der Waals surface area contributed by atoms with Crippen LogP contribution >= 0.6 is 22.7 Å². The van der Waals surface area contributed by atoms with Gasteiger partial charge in [0.05, 0.1) is 28.9 Å². The van der Waals surface area contributed by atoms with Crippen molar-refractivity contribution in [1.29, 1.82) is 0 Å². The van der Waals surface area contributed by atoms with Crippen LogP contribution in [0.5, 0.6) is 0 Å². The quantitative estimate of drug-likeness (QED) is 0.172. The van der Waals surface area contributed by atoms with Crippen LogP contribution in [0, 0.1) is 0 Å². The van der Waals surface area contributed by atoms with Crippen LogP contribution in [0.4, 0.5) is 10.5 Å². The van der Waals surface area contributed by atoms with Crippen LogP contribution in [0.1, 0.15) is 22.9 Å². The SMILES string of the molecule is O=C(NOCc1ccccc1)N[C@@H](Cc1ccc(NS(=O)(=O)O)cc1)c1csc(-c2cccs2)n1. The van der Waals surface area contributed by atoms with Crippen molar-refractivity contribution in [1.82, 2.24) is 15.8 Å². The molecule has 0 fully saturated rings. The molecule has 0 unspecified atom stereocenters. The molecule has 0 radical (unpaired) electrons. The number of carbonyl (C=O) groups excluding carboxylic acids is 1. The van der Waals surface area contributed by atoms with Crippen LogP contribution in [0.15, 0.2) is 77.5 Å². The van der Waals surface area contributed by atoms with E-state index in [9.17, 15) is 13.2 Å². The molecule has 1 atom stereocenters. The fourth-order valence-electron chi connectivity index (χ4n) is 3.23. The van der Waals surface area contributed by atoms with Gasteiger partial charge >= 0.3 is 16.3 Å². The minimum atomic E-state index is -4.36. The summed E-state index contributed by atoms with van der Waals surface area (Å²) in [6.45, 7) is 0.223. The third kappa shape index (κ3) is 7.60. The Labute approximate surface area is 210 Å². The number of nitrogens with zero attached hydrogens (tertiary/aromatic N) is 1. The molecule has 9 nitrogen and oxygen atoms in total. The molecule has 2 amide bonds. The van der Waals surface area contributed by atoms with E-state index in [2.05, 4.69) is 10.8 Å². The number of benzene rings is 2. The molecule has 0 saturated carbocycles. The second-order valence-electron chi connectivity index (χ2n) is 7.44. The number of rotatable bonds is 10. The third-order valence-electron chi connectivity index (χ3n) is 4.80. The molecule has 182 valence electrons. The fourth-order valence-corrected chi connectivity index (χ4v) is 5.35. The first-order chi connectivity index (χ1) is 16.9. The number of carbonyl (C=O) groups is 1. The molecule has 4 N–H and O–H groups in total. The van der Waals surface area contributed by atoms with Crippen molar-refractivity contribution < 1.29 is 22.6 Å². The maximum Gasteiger partial charge on any atom is 0.357 e. The number of urea groups is 1. The lowest BCUT2D eigenvalue weighted by Gasteiger charge is -2.18. The molecule has 0 bridgehead atoms. The first-order valence-corrected chi connectivity index (χ1v) is 13.6. The number of anilines is 1. The van der Waals surface area contributed by atoms with Gasteiger partial charge in [-0.15, -0.1) is 22.7 Å². The van der Waals surface area contributed by atoms with Gasteiger partial charge in [0, 0.05) is 5.38 Å². The lowest BCUT2D eigenvalue weighted by atomic mass is 10.0. The van der Waals surface area contributed by atoms with Gasteiger partial charge in [0.25, 0.3) is 0 Å². The Morgan fingerprint density at radius 2 is 1.77 bits per heavy atom. The minimum Gasteiger partial charge on any atom is -0.328 e. The standard InChI is InChI=1S/C23H22N4O5S3/c28-23(26-32-14-17-5-2-1-3-6-17)25-19(20-15-34-22(24-20)21-7-4-12-33-21)13-16-8-10-18(11-9-16)27-35(29,30)31/h1-12,15,19,27H,13-14H2,(H2,25,26,28)(H,29,30,31)/t19-/m0/s1. The minimum absolute atomic E-state index is 0.223. The molecule has 4 aromatic rings. The summed E-state index contributed by atoms with van der Waals surface area (Å²) in [7, 11) is -4.36. The number of nitrogens with one attached hydrogen (secondary N) is 3. The maximum absolute atomic E-state index is 12.6. The van der Waals surface area contributed by atoms with Gasteiger partial charge in [0.15, 0.2) is 0 Å². The van der Waals surface area contributed by atoms with Gasteiger partial charge < -0.3 is 5.32 Å². The highest BCUT2D eigenvalue weighted by atomic mass is 32.2. The number of hydrogen-bond donors (Lipinski definition) is 4. The third-order valence-corrected chi connectivity index (χ3v) is 7.20. The summed E-state index contributed by atoms with van der Waals surface area (Å²) in [5.41, 5.74) is 5.07. The first-order valence-electron chi connectivity index (χ1n) is 10.4. The van der Waals surface area contributed by atoms with Crippen LogP contribution in [0.3, 0.4) is 0 Å². The average molecular weight is 531 g/mol. The molecule has 2 aromatic heterocycles. The van der Waals surface area contributed by atoms with Gasteiger partial charge in [-0.2, -0.15) is 8.42 Å². The van der Waals surface area contributed by atoms with Crippen molar-refractivity contribution in [2.24, 2.45) is 0 Å². The predicted molar refractivity (Wildman–Crippen MR) is 136 cm³/mol. The Hall–Kier alpha value is -3.29. The molecule has 0 spiro atoms. The Morgan fingerprint density at radius 1 is 1.00 bits per heavy atom. The van der Waals surface area contributed by atoms with Gasteiger partial charge in [0.2, 0.25) is 0 Å². The largest absolute Gasteiger partial charge is 0.357 e. The van der Waals surface area contributed by atoms with Crippen molar-refractivity contribution in [3.8, 4) is 9.88 Å². The lowest BCUT2D eigenvalue weighted by molar-refractivity contribution is 0.0480. The van der Waals surface area contributed by atoms with Crippen molar-refractivity contribution in [2.75, 3.05) is 4.72 Å². The van der Waals surface area contributed by atoms with E-state index in [1.54, 1.807) is 23.5 Å². The molecule has 2 aromatic carbocycles. The van der Waals surface area contributed by atoms with E-state index in [1.165, 1.54) is 23.5 Å². The second-order valence-corrected chi connectivity index (χ2v) is 10.4. The van der Waals surface area contributed by atoms with Crippen molar-refractivity contribution in [2.45, 2.75) is 19.1 Å². The van der Waals surface area contributed by atoms with Crippen molar-refractivity contribution in [3.05, 3.63) is 94.3 Å². The van der Waals surface area contributed by atoms with E-state index in [-0.39, 0.29) is 12.3 Å². The normalized spacial score (nSPS) is 12.1. The van der Waals surface area contributed by atoms with Crippen molar-refractivity contribution >= 4 is 44.7 Å². The van der Waals surface area contributed by atoms with E-state index < -0.39 is 22.4 Å². The zero-order chi connectivity index (χ0) is 24.7. The van der Waals surface area contributed by atoms with Gasteiger partial charge in [-0.05, 0) is 41.1 Å². The van der Waals surface area contributed by atoms with E-state index in [1.807, 2.05) is 57.9 Å². The summed E-state index contributed by atoms with van der Waals surface area (Å²) in [5, 5.41) is 7.64.